The molecular formula is C11H10Cl2N2O2. The minimum absolute atomic E-state index is 0.141. The molecule has 0 spiro atoms. The lowest BCUT2D eigenvalue weighted by Crippen LogP contribution is -2.24. The van der Waals surface area contributed by atoms with Crippen LogP contribution in [0.5, 0.6) is 0 Å². The van der Waals surface area contributed by atoms with Crippen LogP contribution in [0.1, 0.15) is 0 Å². The summed E-state index contributed by atoms with van der Waals surface area (Å²) in [7, 11) is 1.56. The number of hydrogen-bond donors (Lipinski definition) is 0. The van der Waals surface area contributed by atoms with Crippen molar-refractivity contribution in [2.45, 2.75) is 6.54 Å². The first-order valence-corrected chi connectivity index (χ1v) is 5.74. The molecule has 1 heterocycles. The van der Waals surface area contributed by atoms with Gasteiger partial charge in [0.2, 0.25) is 5.28 Å². The monoisotopic (exact) mass is 272 g/mol. The van der Waals surface area contributed by atoms with E-state index < -0.39 is 0 Å². The van der Waals surface area contributed by atoms with Crippen molar-refractivity contribution in [2.24, 2.45) is 0 Å². The summed E-state index contributed by atoms with van der Waals surface area (Å²) in [5.74, 6) is 0. The molecule has 1 aromatic heterocycles. The van der Waals surface area contributed by atoms with Crippen LogP contribution in [0.3, 0.4) is 0 Å². The number of ether oxygens (including phenoxy) is 1. The Hall–Kier alpha value is -1.10. The van der Waals surface area contributed by atoms with E-state index in [0.29, 0.717) is 29.1 Å². The lowest BCUT2D eigenvalue weighted by Gasteiger charge is -2.09. The number of rotatable bonds is 3. The quantitative estimate of drug-likeness (QED) is 0.806. The van der Waals surface area contributed by atoms with E-state index in [0.717, 1.165) is 0 Å². The number of hydrogen-bond acceptors (Lipinski definition) is 3. The first-order chi connectivity index (χ1) is 8.15. The van der Waals surface area contributed by atoms with E-state index in [-0.39, 0.29) is 10.8 Å². The van der Waals surface area contributed by atoms with E-state index in [1.54, 1.807) is 25.3 Å². The highest BCUT2D eigenvalue weighted by Crippen LogP contribution is 2.19. The zero-order valence-electron chi connectivity index (χ0n) is 9.11. The highest BCUT2D eigenvalue weighted by Gasteiger charge is 2.11. The summed E-state index contributed by atoms with van der Waals surface area (Å²) >= 11 is 11.9. The van der Waals surface area contributed by atoms with Gasteiger partial charge in [-0.1, -0.05) is 17.7 Å². The topological polar surface area (TPSA) is 44.1 Å². The minimum Gasteiger partial charge on any atom is -0.383 e. The summed E-state index contributed by atoms with van der Waals surface area (Å²) in [6, 6.07) is 5.09. The van der Waals surface area contributed by atoms with Crippen LogP contribution >= 0.6 is 23.2 Å². The van der Waals surface area contributed by atoms with Crippen LogP contribution in [0.4, 0.5) is 0 Å². The SMILES string of the molecule is COCCn1c(Cl)nc2cccc(Cl)c2c1=O. The molecule has 0 aliphatic carbocycles. The number of halogens is 2. The van der Waals surface area contributed by atoms with E-state index >= 15 is 0 Å². The summed E-state index contributed by atoms with van der Waals surface area (Å²) in [6.07, 6.45) is 0. The van der Waals surface area contributed by atoms with Gasteiger partial charge in [0.25, 0.3) is 5.56 Å². The minimum atomic E-state index is -0.248. The van der Waals surface area contributed by atoms with Crippen LogP contribution in [0.25, 0.3) is 10.9 Å². The number of benzene rings is 1. The Balaban J connectivity index is 2.70. The zero-order valence-corrected chi connectivity index (χ0v) is 10.6. The Morgan fingerprint density at radius 3 is 2.88 bits per heavy atom. The first kappa shape index (κ1) is 12.4. The molecule has 0 radical (unpaired) electrons. The van der Waals surface area contributed by atoms with Crippen LogP contribution in [0.2, 0.25) is 10.3 Å². The number of aromatic nitrogens is 2. The van der Waals surface area contributed by atoms with Gasteiger partial charge in [-0.15, -0.1) is 0 Å². The molecule has 6 heteroatoms. The Kier molecular flexibility index (Phi) is 3.66. The van der Waals surface area contributed by atoms with Gasteiger partial charge in [0, 0.05) is 7.11 Å². The lowest BCUT2D eigenvalue weighted by molar-refractivity contribution is 0.186. The molecule has 0 fully saturated rings. The Labute approximate surface area is 108 Å². The summed E-state index contributed by atoms with van der Waals surface area (Å²) in [6.45, 7) is 0.736. The maximum atomic E-state index is 12.2. The molecule has 4 nitrogen and oxygen atoms in total. The van der Waals surface area contributed by atoms with Crippen molar-refractivity contribution in [1.82, 2.24) is 9.55 Å². The van der Waals surface area contributed by atoms with Gasteiger partial charge in [0.05, 0.1) is 29.1 Å². The molecule has 0 aliphatic rings. The molecule has 17 heavy (non-hydrogen) atoms. The van der Waals surface area contributed by atoms with E-state index in [1.165, 1.54) is 4.57 Å². The standard InChI is InChI=1S/C11H10Cl2N2O2/c1-17-6-5-15-10(16)9-7(12)3-2-4-8(9)14-11(15)13/h2-4H,5-6H2,1H3. The van der Waals surface area contributed by atoms with Gasteiger partial charge in [0.15, 0.2) is 0 Å². The lowest BCUT2D eigenvalue weighted by atomic mass is 10.2. The van der Waals surface area contributed by atoms with Gasteiger partial charge in [0.1, 0.15) is 0 Å². The van der Waals surface area contributed by atoms with Crippen LogP contribution in [0, 0.1) is 0 Å². The van der Waals surface area contributed by atoms with Gasteiger partial charge >= 0.3 is 0 Å². The summed E-state index contributed by atoms with van der Waals surface area (Å²) < 4.78 is 6.27. The van der Waals surface area contributed by atoms with Crippen LogP contribution in [-0.4, -0.2) is 23.3 Å². The number of fused-ring (bicyclic) bond motifs is 1. The summed E-state index contributed by atoms with van der Waals surface area (Å²) in [4.78, 5) is 16.3. The average Bonchev–Trinajstić information content (AvgIpc) is 2.28. The highest BCUT2D eigenvalue weighted by molar-refractivity contribution is 6.35. The molecule has 90 valence electrons. The fourth-order valence-corrected chi connectivity index (χ4v) is 2.08. The Morgan fingerprint density at radius 1 is 1.41 bits per heavy atom. The van der Waals surface area contributed by atoms with Crippen LogP contribution < -0.4 is 5.56 Å². The first-order valence-electron chi connectivity index (χ1n) is 4.98. The molecule has 2 rings (SSSR count). The molecule has 2 aromatic rings. The van der Waals surface area contributed by atoms with Crippen LogP contribution in [-0.2, 0) is 11.3 Å². The largest absolute Gasteiger partial charge is 0.383 e. The molecule has 0 saturated heterocycles. The van der Waals surface area contributed by atoms with E-state index in [4.69, 9.17) is 27.9 Å². The van der Waals surface area contributed by atoms with Gasteiger partial charge in [-0.3, -0.25) is 9.36 Å². The van der Waals surface area contributed by atoms with Crippen molar-refractivity contribution in [3.8, 4) is 0 Å². The number of methoxy groups -OCH3 is 1. The molecule has 0 bridgehead atoms. The third-order valence-corrected chi connectivity index (χ3v) is 3.01. The van der Waals surface area contributed by atoms with Crippen molar-refractivity contribution < 1.29 is 4.74 Å². The molecule has 0 atom stereocenters. The van der Waals surface area contributed by atoms with Gasteiger partial charge in [-0.05, 0) is 23.7 Å². The molecule has 0 amide bonds. The predicted molar refractivity (Wildman–Crippen MR) is 67.9 cm³/mol. The van der Waals surface area contributed by atoms with Gasteiger partial charge in [-0.2, -0.15) is 0 Å². The second-order valence-electron chi connectivity index (χ2n) is 3.46. The smallest absolute Gasteiger partial charge is 0.263 e. The van der Waals surface area contributed by atoms with Gasteiger partial charge < -0.3 is 4.74 Å². The van der Waals surface area contributed by atoms with Crippen molar-refractivity contribution >= 4 is 34.1 Å². The van der Waals surface area contributed by atoms with E-state index in [1.807, 2.05) is 0 Å². The summed E-state index contributed by atoms with van der Waals surface area (Å²) in [5, 5.41) is 0.902. The fraction of sp³-hybridized carbons (Fsp3) is 0.273. The second-order valence-corrected chi connectivity index (χ2v) is 4.21. The molecule has 0 N–H and O–H groups in total. The fourth-order valence-electron chi connectivity index (χ4n) is 1.57. The predicted octanol–water partition coefficient (Wildman–Crippen LogP) is 2.35. The van der Waals surface area contributed by atoms with Crippen molar-refractivity contribution in [2.75, 3.05) is 13.7 Å². The second kappa shape index (κ2) is 5.04. The molecule has 0 unspecified atom stereocenters. The van der Waals surface area contributed by atoms with E-state index in [9.17, 15) is 4.79 Å². The van der Waals surface area contributed by atoms with Crippen LogP contribution in [0.15, 0.2) is 23.0 Å². The van der Waals surface area contributed by atoms with E-state index in [2.05, 4.69) is 4.98 Å². The normalized spacial score (nSPS) is 11.0. The number of nitrogens with zero attached hydrogens (tertiary/aromatic N) is 2. The van der Waals surface area contributed by atoms with Gasteiger partial charge in [-0.25, -0.2) is 4.98 Å². The maximum Gasteiger partial charge on any atom is 0.263 e. The molecule has 0 aliphatic heterocycles. The molecule has 1 aromatic carbocycles. The average molecular weight is 273 g/mol. The maximum absolute atomic E-state index is 12.2. The summed E-state index contributed by atoms with van der Waals surface area (Å²) in [5.41, 5.74) is 0.254. The van der Waals surface area contributed by atoms with Crippen molar-refractivity contribution in [1.29, 1.82) is 0 Å². The Bertz CT molecular complexity index is 610. The molecule has 0 saturated carbocycles. The van der Waals surface area contributed by atoms with Crippen molar-refractivity contribution in [3.05, 3.63) is 38.9 Å². The zero-order chi connectivity index (χ0) is 12.4. The molecular weight excluding hydrogens is 263 g/mol. The Morgan fingerprint density at radius 2 is 2.18 bits per heavy atom. The third kappa shape index (κ3) is 2.29. The third-order valence-electron chi connectivity index (χ3n) is 2.41. The van der Waals surface area contributed by atoms with Crippen molar-refractivity contribution in [3.63, 3.8) is 0 Å². The highest BCUT2D eigenvalue weighted by atomic mass is 35.5.